The maximum Gasteiger partial charge on any atom is 0.256 e. The van der Waals surface area contributed by atoms with Crippen molar-refractivity contribution in [1.82, 2.24) is 20.3 Å². The third-order valence-electron chi connectivity index (χ3n) is 3.84. The van der Waals surface area contributed by atoms with Gasteiger partial charge in [-0.2, -0.15) is 10.1 Å². The van der Waals surface area contributed by atoms with Gasteiger partial charge in [-0.25, -0.2) is 4.85 Å². The second kappa shape index (κ2) is 6.33. The molecule has 26 heavy (non-hydrogen) atoms. The fourth-order valence-electron chi connectivity index (χ4n) is 2.70. The molecule has 0 saturated carbocycles. The Balaban J connectivity index is 1.73. The molecule has 0 fully saturated rings. The van der Waals surface area contributed by atoms with Gasteiger partial charge in [0.25, 0.3) is 5.89 Å². The number of fused-ring (bicyclic) bond motifs is 1. The Morgan fingerprint density at radius 3 is 2.92 bits per heavy atom. The van der Waals surface area contributed by atoms with Crippen molar-refractivity contribution in [3.05, 3.63) is 54.0 Å². The molecule has 0 aliphatic carbocycles. The Morgan fingerprint density at radius 2 is 2.12 bits per heavy atom. The van der Waals surface area contributed by atoms with E-state index in [-0.39, 0.29) is 6.10 Å². The molecule has 0 aliphatic rings. The lowest BCUT2D eigenvalue weighted by molar-refractivity contribution is 0.244. The lowest BCUT2D eigenvalue weighted by Gasteiger charge is -2.11. The Labute approximate surface area is 149 Å². The van der Waals surface area contributed by atoms with Crippen LogP contribution in [0.5, 0.6) is 5.75 Å². The number of rotatable bonds is 4. The zero-order valence-corrected chi connectivity index (χ0v) is 14.2. The summed E-state index contributed by atoms with van der Waals surface area (Å²) >= 11 is 0. The van der Waals surface area contributed by atoms with Crippen LogP contribution in [0.15, 0.2) is 47.1 Å². The maximum absolute atomic E-state index is 7.37. The summed E-state index contributed by atoms with van der Waals surface area (Å²) in [5.74, 6) is 1.36. The molecule has 0 saturated heterocycles. The van der Waals surface area contributed by atoms with Gasteiger partial charge in [0.05, 0.1) is 24.4 Å². The standard InChI is InChI=1S/C19H15N5O2/c1-11(2)25-17-8-7-12(9-16(17)20-3)19-22-18(24-26-19)13-5-4-6-15-14(13)10-21-23-15/h4-11H,1-2H3,(H,21,23). The highest BCUT2D eigenvalue weighted by Crippen LogP contribution is 2.34. The smallest absolute Gasteiger partial charge is 0.256 e. The summed E-state index contributed by atoms with van der Waals surface area (Å²) in [6.45, 7) is 11.2. The average molecular weight is 345 g/mol. The Morgan fingerprint density at radius 1 is 1.23 bits per heavy atom. The minimum absolute atomic E-state index is 0.00759. The van der Waals surface area contributed by atoms with Gasteiger partial charge in [-0.05, 0) is 38.1 Å². The van der Waals surface area contributed by atoms with Gasteiger partial charge in [-0.1, -0.05) is 17.3 Å². The first kappa shape index (κ1) is 15.8. The molecular formula is C19H15N5O2. The van der Waals surface area contributed by atoms with E-state index >= 15 is 0 Å². The van der Waals surface area contributed by atoms with Crippen LogP contribution in [-0.4, -0.2) is 26.4 Å². The average Bonchev–Trinajstić information content (AvgIpc) is 3.30. The molecule has 0 amide bonds. The van der Waals surface area contributed by atoms with Crippen LogP contribution in [0.1, 0.15) is 13.8 Å². The molecule has 2 heterocycles. The van der Waals surface area contributed by atoms with Gasteiger partial charge < -0.3 is 9.26 Å². The largest absolute Gasteiger partial charge is 0.502 e. The van der Waals surface area contributed by atoms with Gasteiger partial charge in [0.1, 0.15) is 5.75 Å². The van der Waals surface area contributed by atoms with Crippen LogP contribution in [0.25, 0.3) is 38.6 Å². The summed E-state index contributed by atoms with van der Waals surface area (Å²) in [7, 11) is 0. The van der Waals surface area contributed by atoms with E-state index in [0.29, 0.717) is 28.7 Å². The molecule has 0 spiro atoms. The first-order chi connectivity index (χ1) is 12.7. The third-order valence-corrected chi connectivity index (χ3v) is 3.84. The molecule has 0 radical (unpaired) electrons. The van der Waals surface area contributed by atoms with Crippen LogP contribution in [-0.2, 0) is 0 Å². The quantitative estimate of drug-likeness (QED) is 0.546. The number of hydrogen-bond acceptors (Lipinski definition) is 5. The summed E-state index contributed by atoms with van der Waals surface area (Å²) in [5, 5.41) is 12.0. The van der Waals surface area contributed by atoms with Crippen LogP contribution in [0.2, 0.25) is 0 Å². The zero-order chi connectivity index (χ0) is 18.1. The number of aromatic amines is 1. The van der Waals surface area contributed by atoms with Gasteiger partial charge in [0.2, 0.25) is 11.5 Å². The maximum atomic E-state index is 7.37. The Kier molecular flexibility index (Phi) is 3.86. The van der Waals surface area contributed by atoms with Crippen molar-refractivity contribution in [3.63, 3.8) is 0 Å². The predicted molar refractivity (Wildman–Crippen MR) is 96.8 cm³/mol. The molecule has 0 aliphatic heterocycles. The topological polar surface area (TPSA) is 81.2 Å². The van der Waals surface area contributed by atoms with E-state index in [2.05, 4.69) is 25.2 Å². The first-order valence-corrected chi connectivity index (χ1v) is 8.10. The number of nitrogens with one attached hydrogen (secondary N) is 1. The summed E-state index contributed by atoms with van der Waals surface area (Å²) in [4.78, 5) is 8.01. The highest BCUT2D eigenvalue weighted by Gasteiger charge is 2.15. The predicted octanol–water partition coefficient (Wildman–Crippen LogP) is 4.62. The molecule has 7 nitrogen and oxygen atoms in total. The molecule has 2 aromatic heterocycles. The van der Waals surface area contributed by atoms with Crippen LogP contribution in [0, 0.1) is 6.57 Å². The second-order valence-electron chi connectivity index (χ2n) is 6.02. The molecule has 4 aromatic rings. The summed E-state index contributed by atoms with van der Waals surface area (Å²) in [6.07, 6.45) is 1.72. The van der Waals surface area contributed by atoms with Gasteiger partial charge in [-0.3, -0.25) is 5.10 Å². The van der Waals surface area contributed by atoms with Crippen LogP contribution < -0.4 is 4.74 Å². The molecular weight excluding hydrogens is 330 g/mol. The van der Waals surface area contributed by atoms with Crippen molar-refractivity contribution in [2.45, 2.75) is 20.0 Å². The van der Waals surface area contributed by atoms with Crippen molar-refractivity contribution >= 4 is 16.6 Å². The Bertz CT molecular complexity index is 1120. The normalized spacial score (nSPS) is 11.0. The molecule has 0 unspecified atom stereocenters. The van der Waals surface area contributed by atoms with Crippen molar-refractivity contribution < 1.29 is 9.26 Å². The zero-order valence-electron chi connectivity index (χ0n) is 14.2. The van der Waals surface area contributed by atoms with E-state index in [0.717, 1.165) is 16.5 Å². The van der Waals surface area contributed by atoms with Crippen LogP contribution >= 0.6 is 0 Å². The molecule has 0 bridgehead atoms. The monoisotopic (exact) mass is 345 g/mol. The first-order valence-electron chi connectivity index (χ1n) is 8.10. The molecule has 1 N–H and O–H groups in total. The van der Waals surface area contributed by atoms with E-state index < -0.39 is 0 Å². The van der Waals surface area contributed by atoms with Crippen LogP contribution in [0.4, 0.5) is 5.69 Å². The molecule has 0 atom stereocenters. The third kappa shape index (κ3) is 2.78. The molecule has 7 heteroatoms. The van der Waals surface area contributed by atoms with Gasteiger partial charge in [0, 0.05) is 16.5 Å². The number of aromatic nitrogens is 4. The van der Waals surface area contributed by atoms with E-state index in [1.54, 1.807) is 18.3 Å². The number of ether oxygens (including phenoxy) is 1. The van der Waals surface area contributed by atoms with Gasteiger partial charge in [-0.15, -0.1) is 0 Å². The minimum atomic E-state index is -0.00759. The van der Waals surface area contributed by atoms with Crippen molar-refractivity contribution in [3.8, 4) is 28.6 Å². The lowest BCUT2D eigenvalue weighted by Crippen LogP contribution is -2.05. The van der Waals surface area contributed by atoms with Crippen molar-refractivity contribution in [1.29, 1.82) is 0 Å². The fraction of sp³-hybridized carbons (Fsp3) is 0.158. The van der Waals surface area contributed by atoms with E-state index in [1.807, 2.05) is 38.1 Å². The fourth-order valence-corrected chi connectivity index (χ4v) is 2.70. The van der Waals surface area contributed by atoms with E-state index in [1.165, 1.54) is 0 Å². The SMILES string of the molecule is [C-]#[N+]c1cc(-c2nc(-c3cccc4[nH]ncc34)no2)ccc1OC(C)C. The highest BCUT2D eigenvalue weighted by molar-refractivity contribution is 5.92. The highest BCUT2D eigenvalue weighted by atomic mass is 16.5. The number of benzene rings is 2. The second-order valence-corrected chi connectivity index (χ2v) is 6.02. The van der Waals surface area contributed by atoms with E-state index in [4.69, 9.17) is 15.8 Å². The summed E-state index contributed by atoms with van der Waals surface area (Å²) < 4.78 is 11.1. The molecule has 2 aromatic carbocycles. The summed E-state index contributed by atoms with van der Waals surface area (Å²) in [5.41, 5.74) is 2.81. The van der Waals surface area contributed by atoms with Crippen molar-refractivity contribution in [2.24, 2.45) is 0 Å². The molecule has 128 valence electrons. The van der Waals surface area contributed by atoms with Gasteiger partial charge >= 0.3 is 0 Å². The number of H-pyrrole nitrogens is 1. The molecule has 4 rings (SSSR count). The van der Waals surface area contributed by atoms with Gasteiger partial charge in [0.15, 0.2) is 0 Å². The number of nitrogens with zero attached hydrogens (tertiary/aromatic N) is 4. The summed E-state index contributed by atoms with van der Waals surface area (Å²) in [6, 6.07) is 11.0. The Hall–Kier alpha value is -3.66. The lowest BCUT2D eigenvalue weighted by atomic mass is 10.1. The van der Waals surface area contributed by atoms with E-state index in [9.17, 15) is 0 Å². The number of hydrogen-bond donors (Lipinski definition) is 1. The van der Waals surface area contributed by atoms with Crippen molar-refractivity contribution in [2.75, 3.05) is 0 Å². The van der Waals surface area contributed by atoms with Crippen LogP contribution in [0.3, 0.4) is 0 Å². The minimum Gasteiger partial charge on any atom is -0.502 e.